The summed E-state index contributed by atoms with van der Waals surface area (Å²) in [6, 6.07) is 10.9. The highest BCUT2D eigenvalue weighted by molar-refractivity contribution is 7.99. The van der Waals surface area contributed by atoms with Crippen molar-refractivity contribution >= 4 is 35.4 Å². The molecule has 2 aliphatic rings. The van der Waals surface area contributed by atoms with Crippen molar-refractivity contribution in [1.82, 2.24) is 14.8 Å². The Balaban J connectivity index is 1.52. The van der Waals surface area contributed by atoms with Crippen LogP contribution in [0.4, 0.5) is 10.5 Å². The van der Waals surface area contributed by atoms with E-state index in [9.17, 15) is 14.4 Å². The zero-order valence-electron chi connectivity index (χ0n) is 16.6. The largest absolute Gasteiger partial charge is 0.450 e. The Labute approximate surface area is 178 Å². The lowest BCUT2D eigenvalue weighted by atomic mass is 10.2. The maximum absolute atomic E-state index is 13.3. The third kappa shape index (κ3) is 3.97. The fourth-order valence-electron chi connectivity index (χ4n) is 3.50. The van der Waals surface area contributed by atoms with E-state index < -0.39 is 0 Å². The molecule has 1 fully saturated rings. The first-order chi connectivity index (χ1) is 14.6. The number of hydrogen-bond donors (Lipinski definition) is 0. The maximum atomic E-state index is 13.3. The Bertz CT molecular complexity index is 975. The van der Waals surface area contributed by atoms with Crippen molar-refractivity contribution in [1.29, 1.82) is 0 Å². The second-order valence-corrected chi connectivity index (χ2v) is 7.91. The molecule has 3 heterocycles. The van der Waals surface area contributed by atoms with Gasteiger partial charge in [-0.1, -0.05) is 23.9 Å². The van der Waals surface area contributed by atoms with Crippen LogP contribution in [-0.4, -0.2) is 72.0 Å². The van der Waals surface area contributed by atoms with Crippen LogP contribution in [0.3, 0.4) is 0 Å². The summed E-state index contributed by atoms with van der Waals surface area (Å²) in [7, 11) is 0. The highest BCUT2D eigenvalue weighted by atomic mass is 32.2. The molecule has 0 radical (unpaired) electrons. The summed E-state index contributed by atoms with van der Waals surface area (Å²) < 4.78 is 5.02. The second kappa shape index (κ2) is 8.74. The molecule has 4 rings (SSSR count). The molecular formula is C21H22N4O4S. The molecule has 2 aliphatic heterocycles. The number of amides is 3. The van der Waals surface area contributed by atoms with E-state index in [-0.39, 0.29) is 24.5 Å². The third-order valence-corrected chi connectivity index (χ3v) is 6.15. The minimum atomic E-state index is -0.360. The van der Waals surface area contributed by atoms with Gasteiger partial charge in [-0.2, -0.15) is 0 Å². The highest BCUT2D eigenvalue weighted by Gasteiger charge is 2.32. The Morgan fingerprint density at radius 1 is 1.07 bits per heavy atom. The normalized spacial score (nSPS) is 15.9. The lowest BCUT2D eigenvalue weighted by molar-refractivity contribution is -0.131. The molecule has 30 heavy (non-hydrogen) atoms. The SMILES string of the molecule is CCOC(=O)N1CCN(C(=O)CN2C(=O)c3ccccc3Sc3ncccc32)CC1. The molecule has 0 spiro atoms. The van der Waals surface area contributed by atoms with Crippen LogP contribution >= 0.6 is 11.8 Å². The average molecular weight is 426 g/mol. The molecule has 0 unspecified atom stereocenters. The smallest absolute Gasteiger partial charge is 0.409 e. The van der Waals surface area contributed by atoms with Crippen LogP contribution in [0.25, 0.3) is 0 Å². The van der Waals surface area contributed by atoms with Gasteiger partial charge < -0.3 is 14.5 Å². The molecule has 0 saturated carbocycles. The molecule has 8 nitrogen and oxygen atoms in total. The molecule has 0 N–H and O–H groups in total. The van der Waals surface area contributed by atoms with E-state index >= 15 is 0 Å². The van der Waals surface area contributed by atoms with Crippen LogP contribution in [0.1, 0.15) is 17.3 Å². The first-order valence-electron chi connectivity index (χ1n) is 9.81. The Morgan fingerprint density at radius 2 is 1.80 bits per heavy atom. The molecule has 156 valence electrons. The van der Waals surface area contributed by atoms with E-state index in [4.69, 9.17) is 4.74 Å². The fourth-order valence-corrected chi connectivity index (χ4v) is 4.52. The summed E-state index contributed by atoms with van der Waals surface area (Å²) in [6.07, 6.45) is 1.32. The predicted octanol–water partition coefficient (Wildman–Crippen LogP) is 2.49. The van der Waals surface area contributed by atoms with Gasteiger partial charge in [0.05, 0.1) is 17.9 Å². The molecule has 2 aromatic rings. The van der Waals surface area contributed by atoms with Gasteiger partial charge in [0.1, 0.15) is 11.6 Å². The molecule has 1 aromatic heterocycles. The number of fused-ring (bicyclic) bond motifs is 2. The third-order valence-electron chi connectivity index (χ3n) is 5.06. The van der Waals surface area contributed by atoms with Gasteiger partial charge in [-0.05, 0) is 31.2 Å². The molecule has 0 bridgehead atoms. The van der Waals surface area contributed by atoms with Gasteiger partial charge in [0.25, 0.3) is 5.91 Å². The molecule has 9 heteroatoms. The van der Waals surface area contributed by atoms with Crippen molar-refractivity contribution in [2.75, 3.05) is 44.2 Å². The van der Waals surface area contributed by atoms with E-state index in [1.54, 1.807) is 35.1 Å². The number of pyridine rings is 1. The van der Waals surface area contributed by atoms with Gasteiger partial charge in [-0.3, -0.25) is 14.5 Å². The molecule has 0 aliphatic carbocycles. The summed E-state index contributed by atoms with van der Waals surface area (Å²) in [5, 5.41) is 0.690. The molecule has 3 amide bonds. The molecule has 1 aromatic carbocycles. The standard InChI is InChI=1S/C21H22N4O4S/c1-2-29-21(28)24-12-10-23(11-13-24)18(26)14-25-16-7-5-9-22-19(16)30-17-8-4-3-6-15(17)20(25)27/h3-9H,2,10-14H2,1H3. The molecular weight excluding hydrogens is 404 g/mol. The van der Waals surface area contributed by atoms with Gasteiger partial charge in [0.15, 0.2) is 0 Å². The van der Waals surface area contributed by atoms with Crippen molar-refractivity contribution in [2.45, 2.75) is 16.8 Å². The van der Waals surface area contributed by atoms with Crippen molar-refractivity contribution < 1.29 is 19.1 Å². The minimum absolute atomic E-state index is 0.0776. The van der Waals surface area contributed by atoms with Gasteiger partial charge in [0, 0.05) is 37.3 Å². The quantitative estimate of drug-likeness (QED) is 0.750. The monoisotopic (exact) mass is 426 g/mol. The highest BCUT2D eigenvalue weighted by Crippen LogP contribution is 2.39. The van der Waals surface area contributed by atoms with E-state index in [2.05, 4.69) is 4.98 Å². The van der Waals surface area contributed by atoms with Crippen LogP contribution in [0.15, 0.2) is 52.5 Å². The topological polar surface area (TPSA) is 83.0 Å². The Hall–Kier alpha value is -3.07. The van der Waals surface area contributed by atoms with Crippen LogP contribution in [-0.2, 0) is 9.53 Å². The van der Waals surface area contributed by atoms with E-state index in [0.717, 1.165) is 4.90 Å². The number of nitrogens with zero attached hydrogens (tertiary/aromatic N) is 4. The maximum Gasteiger partial charge on any atom is 0.409 e. The second-order valence-electron chi connectivity index (χ2n) is 6.88. The number of anilines is 1. The number of carbonyl (C=O) groups is 3. The minimum Gasteiger partial charge on any atom is -0.450 e. The zero-order valence-corrected chi connectivity index (χ0v) is 17.4. The molecule has 0 atom stereocenters. The van der Waals surface area contributed by atoms with Gasteiger partial charge in [-0.15, -0.1) is 0 Å². The summed E-state index contributed by atoms with van der Waals surface area (Å²) >= 11 is 1.43. The summed E-state index contributed by atoms with van der Waals surface area (Å²) in [5.74, 6) is -0.380. The van der Waals surface area contributed by atoms with Gasteiger partial charge >= 0.3 is 6.09 Å². The van der Waals surface area contributed by atoms with Crippen molar-refractivity contribution in [2.24, 2.45) is 0 Å². The number of ether oxygens (including phenoxy) is 1. The summed E-state index contributed by atoms with van der Waals surface area (Å²) in [4.78, 5) is 48.2. The number of hydrogen-bond acceptors (Lipinski definition) is 6. The van der Waals surface area contributed by atoms with E-state index in [1.807, 2.05) is 24.3 Å². The van der Waals surface area contributed by atoms with Crippen molar-refractivity contribution in [3.05, 3.63) is 48.2 Å². The lowest BCUT2D eigenvalue weighted by Crippen LogP contribution is -2.53. The number of carbonyl (C=O) groups excluding carboxylic acids is 3. The number of benzene rings is 1. The Morgan fingerprint density at radius 3 is 2.57 bits per heavy atom. The Kier molecular flexibility index (Phi) is 5.89. The zero-order chi connectivity index (χ0) is 21.1. The first kappa shape index (κ1) is 20.2. The first-order valence-corrected chi connectivity index (χ1v) is 10.6. The van der Waals surface area contributed by atoms with Crippen molar-refractivity contribution in [3.8, 4) is 0 Å². The fraction of sp³-hybridized carbons (Fsp3) is 0.333. The number of piperazine rings is 1. The van der Waals surface area contributed by atoms with E-state index in [1.165, 1.54) is 16.7 Å². The lowest BCUT2D eigenvalue weighted by Gasteiger charge is -2.35. The summed E-state index contributed by atoms with van der Waals surface area (Å²) in [5.41, 5.74) is 1.18. The number of aromatic nitrogens is 1. The van der Waals surface area contributed by atoms with Crippen LogP contribution in [0.5, 0.6) is 0 Å². The average Bonchev–Trinajstić information content (AvgIpc) is 2.89. The van der Waals surface area contributed by atoms with Gasteiger partial charge in [-0.25, -0.2) is 9.78 Å². The molecule has 1 saturated heterocycles. The van der Waals surface area contributed by atoms with Crippen LogP contribution < -0.4 is 4.90 Å². The number of rotatable bonds is 3. The van der Waals surface area contributed by atoms with Crippen molar-refractivity contribution in [3.63, 3.8) is 0 Å². The van der Waals surface area contributed by atoms with Crippen LogP contribution in [0, 0.1) is 0 Å². The van der Waals surface area contributed by atoms with Gasteiger partial charge in [0.2, 0.25) is 5.91 Å². The van der Waals surface area contributed by atoms with Crippen LogP contribution in [0.2, 0.25) is 0 Å². The van der Waals surface area contributed by atoms with E-state index in [0.29, 0.717) is 49.1 Å². The predicted molar refractivity (Wildman–Crippen MR) is 112 cm³/mol. The summed E-state index contributed by atoms with van der Waals surface area (Å²) in [6.45, 7) is 3.65.